The molecule has 1 N–H and O–H groups in total. The molecule has 72 heavy (non-hydrogen) atoms. The topological polar surface area (TPSA) is 150 Å². The second kappa shape index (κ2) is 25.9. The van der Waals surface area contributed by atoms with Crippen LogP contribution >= 0.6 is 0 Å². The first-order valence-electron chi connectivity index (χ1n) is 26.7. The van der Waals surface area contributed by atoms with Crippen LogP contribution in [-0.2, 0) is 14.4 Å². The molecule has 9 rings (SSSR count). The van der Waals surface area contributed by atoms with Crippen molar-refractivity contribution >= 4 is 52.2 Å². The minimum absolute atomic E-state index is 0.0520. The van der Waals surface area contributed by atoms with E-state index in [1.54, 1.807) is 0 Å². The zero-order valence-corrected chi connectivity index (χ0v) is 42.6. The van der Waals surface area contributed by atoms with Gasteiger partial charge in [-0.2, -0.15) is 20.0 Å². The maximum atomic E-state index is 13.3. The van der Waals surface area contributed by atoms with Gasteiger partial charge < -0.3 is 24.3 Å². The third-order valence-corrected chi connectivity index (χ3v) is 15.6. The van der Waals surface area contributed by atoms with E-state index in [2.05, 4.69) is 58.1 Å². The Balaban J connectivity index is 0.000000196. The van der Waals surface area contributed by atoms with Crippen molar-refractivity contribution in [2.24, 2.45) is 60.9 Å². The van der Waals surface area contributed by atoms with Gasteiger partial charge in [-0.05, 0) is 104 Å². The van der Waals surface area contributed by atoms with Gasteiger partial charge in [0.25, 0.3) is 0 Å². The number of ketones is 2. The Bertz CT molecular complexity index is 2330. The Kier molecular flexibility index (Phi) is 18.7. The fourth-order valence-corrected chi connectivity index (χ4v) is 10.9. The fraction of sp³-hybridized carbons (Fsp3) is 0.517. The lowest BCUT2D eigenvalue weighted by Gasteiger charge is -2.33. The van der Waals surface area contributed by atoms with Crippen LogP contribution in [0.1, 0.15) is 124 Å². The van der Waals surface area contributed by atoms with Gasteiger partial charge in [0.15, 0.2) is 0 Å². The lowest BCUT2D eigenvalue weighted by molar-refractivity contribution is -0.134. The molecule has 0 bridgehead atoms. The predicted octanol–water partition coefficient (Wildman–Crippen LogP) is 13.8. The molecule has 0 radical (unpaired) electrons. The monoisotopic (exact) mass is 976 g/mol. The Hall–Kier alpha value is -6.35. The highest BCUT2D eigenvalue weighted by atomic mass is 16.5. The molecular formula is C60H73N5O7. The maximum absolute atomic E-state index is 13.3. The maximum Gasteiger partial charge on any atom is 0.224 e. The number of amides is 1. The Labute approximate surface area is 426 Å². The molecule has 1 amide bonds. The number of nitrogens with zero attached hydrogens (tertiary/aromatic N) is 4. The number of ether oxygens (including phenoxy) is 4. The standard InChI is InChI=1S/C31H24N4O4.C29H49NO3/c1-5-13-27-23(9-1)32-21-33-24-10-2-6-14-28(24)37-18-31(17-36-27)19-38-29-15-7-3-11-25(29)34-22-35-26-12-4-8-16-30(26)39-20-31;1-20-10-4-7-13-23(20)16-26(31)18-25(29(33)30-28-15-9-6-12-22(28)3)19-27(32)17-24-14-8-5-11-21(24)2/h1-16H,17-20H2;20-25,28H,4-19H2,1-3H3,(H,30,33). The molecule has 2 aliphatic heterocycles. The summed E-state index contributed by atoms with van der Waals surface area (Å²) in [5.41, 5.74) is 1.70. The summed E-state index contributed by atoms with van der Waals surface area (Å²) in [4.78, 5) is 57.1. The van der Waals surface area contributed by atoms with Crippen LogP contribution < -0.4 is 24.3 Å². The van der Waals surface area contributed by atoms with Gasteiger partial charge in [0.2, 0.25) is 5.91 Å². The molecule has 4 aromatic rings. The van der Waals surface area contributed by atoms with Gasteiger partial charge in [0.05, 0.1) is 5.92 Å². The number of benzene rings is 4. The van der Waals surface area contributed by atoms with Crippen molar-refractivity contribution in [2.45, 2.75) is 130 Å². The molecule has 3 saturated carbocycles. The smallest absolute Gasteiger partial charge is 0.224 e. The molecule has 4 aromatic carbocycles. The first-order chi connectivity index (χ1) is 35.1. The molecular weight excluding hydrogens is 903 g/mol. The quantitative estimate of drug-likeness (QED) is 0.166. The van der Waals surface area contributed by atoms with E-state index in [4.69, 9.17) is 18.9 Å². The average Bonchev–Trinajstić information content (AvgIpc) is 3.38. The highest BCUT2D eigenvalue weighted by molar-refractivity contribution is 5.91. The zero-order chi connectivity index (χ0) is 50.1. The van der Waals surface area contributed by atoms with E-state index in [0.717, 1.165) is 32.1 Å². The number of nitrogens with one attached hydrogen (secondary N) is 1. The van der Waals surface area contributed by atoms with E-state index in [9.17, 15) is 14.4 Å². The molecule has 380 valence electrons. The number of Topliss-reactive ketones (excluding diaryl/α,β-unsaturated/α-hetero) is 2. The van der Waals surface area contributed by atoms with Crippen molar-refractivity contribution in [3.8, 4) is 23.0 Å². The van der Waals surface area contributed by atoms with Gasteiger partial charge in [-0.1, -0.05) is 121 Å². The van der Waals surface area contributed by atoms with Crippen LogP contribution in [0, 0.1) is 40.9 Å². The highest BCUT2D eigenvalue weighted by Crippen LogP contribution is 2.38. The number of hydrogen-bond donors (Lipinski definition) is 1. The third-order valence-electron chi connectivity index (χ3n) is 15.6. The van der Waals surface area contributed by atoms with E-state index in [1.807, 2.05) is 97.1 Å². The summed E-state index contributed by atoms with van der Waals surface area (Å²) in [5.74, 6) is 4.75. The van der Waals surface area contributed by atoms with Crippen LogP contribution in [0.25, 0.3) is 0 Å². The van der Waals surface area contributed by atoms with Gasteiger partial charge in [-0.3, -0.25) is 14.4 Å². The van der Waals surface area contributed by atoms with E-state index < -0.39 is 11.3 Å². The van der Waals surface area contributed by atoms with E-state index in [-0.39, 0.29) is 62.8 Å². The first kappa shape index (κ1) is 52.0. The van der Waals surface area contributed by atoms with E-state index in [1.165, 1.54) is 44.9 Å². The summed E-state index contributed by atoms with van der Waals surface area (Å²) in [5, 5.41) is 3.26. The zero-order valence-electron chi connectivity index (χ0n) is 42.6. The van der Waals surface area contributed by atoms with Crippen LogP contribution in [0.4, 0.5) is 22.7 Å². The van der Waals surface area contributed by atoms with Gasteiger partial charge >= 0.3 is 0 Å². The number of fused-ring (bicyclic) bond motifs is 4. The number of aliphatic imine (C=N–C) groups is 4. The van der Waals surface area contributed by atoms with E-state index >= 15 is 0 Å². The van der Waals surface area contributed by atoms with Crippen molar-refractivity contribution in [3.63, 3.8) is 0 Å². The first-order valence-corrected chi connectivity index (χ1v) is 26.7. The van der Waals surface area contributed by atoms with Gasteiger partial charge in [0.1, 0.15) is 101 Å². The van der Waals surface area contributed by atoms with Crippen molar-refractivity contribution in [3.05, 3.63) is 97.1 Å². The SMILES string of the molecule is C1=Nc2ccccc2OCC2(COc3ccccc3N=1)COc1ccccc1N=C=Nc1ccccc1OC2.CC1CCCCC1CC(=O)CC(CC(=O)CC1CCCCC1C)C(=O)NC1CCCCC1C. The molecule has 6 atom stereocenters. The van der Waals surface area contributed by atoms with Gasteiger partial charge in [-0.15, -0.1) is 0 Å². The van der Waals surface area contributed by atoms with Crippen LogP contribution in [0.3, 0.4) is 0 Å². The molecule has 0 saturated heterocycles. The van der Waals surface area contributed by atoms with Crippen LogP contribution in [0.5, 0.6) is 23.0 Å². The van der Waals surface area contributed by atoms with Crippen LogP contribution in [0.15, 0.2) is 117 Å². The Morgan fingerprint density at radius 2 is 0.833 bits per heavy atom. The van der Waals surface area contributed by atoms with Crippen molar-refractivity contribution in [1.82, 2.24) is 5.32 Å². The summed E-state index contributed by atoms with van der Waals surface area (Å²) >= 11 is 0. The molecule has 12 nitrogen and oxygen atoms in total. The number of carbonyl (C=O) groups is 3. The molecule has 2 heterocycles. The third kappa shape index (κ3) is 14.6. The van der Waals surface area contributed by atoms with Crippen LogP contribution in [-0.4, -0.2) is 62.0 Å². The number of hydrogen-bond acceptors (Lipinski definition) is 11. The largest absolute Gasteiger partial charge is 0.490 e. The van der Waals surface area contributed by atoms with Crippen molar-refractivity contribution in [1.29, 1.82) is 0 Å². The summed E-state index contributed by atoms with van der Waals surface area (Å²) in [6.07, 6.45) is 15.8. The lowest BCUT2D eigenvalue weighted by Crippen LogP contribution is -2.45. The molecule has 12 heteroatoms. The lowest BCUT2D eigenvalue weighted by atomic mass is 9.76. The predicted molar refractivity (Wildman–Crippen MR) is 282 cm³/mol. The molecule has 0 aromatic heterocycles. The number of rotatable bonds is 10. The number of para-hydroxylation sites is 8. The van der Waals surface area contributed by atoms with E-state index in [0.29, 0.717) is 88.2 Å². The normalized spacial score (nSPS) is 25.3. The minimum atomic E-state index is -0.764. The fourth-order valence-electron chi connectivity index (χ4n) is 10.9. The van der Waals surface area contributed by atoms with Gasteiger partial charge in [0, 0.05) is 31.7 Å². The van der Waals surface area contributed by atoms with Crippen LogP contribution in [0.2, 0.25) is 0 Å². The molecule has 3 aliphatic carbocycles. The molecule has 3 fully saturated rings. The Morgan fingerprint density at radius 3 is 1.19 bits per heavy atom. The molecule has 5 aliphatic rings. The van der Waals surface area contributed by atoms with Crippen molar-refractivity contribution < 1.29 is 33.3 Å². The average molecular weight is 976 g/mol. The van der Waals surface area contributed by atoms with Crippen molar-refractivity contribution in [2.75, 3.05) is 26.4 Å². The summed E-state index contributed by atoms with van der Waals surface area (Å²) < 4.78 is 25.5. The Morgan fingerprint density at radius 1 is 0.500 bits per heavy atom. The second-order valence-electron chi connectivity index (χ2n) is 21.2. The van der Waals surface area contributed by atoms with Gasteiger partial charge in [-0.25, -0.2) is 0 Å². The summed E-state index contributed by atoms with van der Waals surface area (Å²) in [7, 11) is 0. The highest BCUT2D eigenvalue weighted by Gasteiger charge is 2.37. The minimum Gasteiger partial charge on any atom is -0.490 e. The molecule has 6 unspecified atom stereocenters. The summed E-state index contributed by atoms with van der Waals surface area (Å²) in [6.45, 7) is 7.61. The second-order valence-corrected chi connectivity index (χ2v) is 21.2. The number of carbonyl (C=O) groups excluding carboxylic acids is 3. The molecule has 1 spiro atoms. The summed E-state index contributed by atoms with van der Waals surface area (Å²) in [6, 6.07) is 35.7.